The molecule has 0 bridgehead atoms. The summed E-state index contributed by atoms with van der Waals surface area (Å²) in [5, 5.41) is 26.5. The second-order valence-corrected chi connectivity index (χ2v) is 8.90. The third-order valence-corrected chi connectivity index (χ3v) is 7.17. The van der Waals surface area contributed by atoms with Gasteiger partial charge in [0, 0.05) is 24.2 Å². The molecule has 0 unspecified atom stereocenters. The van der Waals surface area contributed by atoms with Gasteiger partial charge in [0.1, 0.15) is 45.8 Å². The highest BCUT2D eigenvalue weighted by molar-refractivity contribution is 14.1. The summed E-state index contributed by atoms with van der Waals surface area (Å²) in [6.45, 7) is 0.592. The summed E-state index contributed by atoms with van der Waals surface area (Å²) in [5.74, 6) is 1.37. The standard InChI is InChI=1S/C18H19IN8O/c20-7-5-15(28)26(10-8-21)11-12-1-3-13(4-2-12)16-17-14-6-9-22-18(14)23-19-27(17)25-24-16/h6,9,12-13,22H,1-5,10-11H2. The third kappa shape index (κ3) is 3.56. The van der Waals surface area contributed by atoms with Gasteiger partial charge in [0.25, 0.3) is 0 Å². The van der Waals surface area contributed by atoms with E-state index in [0.717, 1.165) is 48.5 Å². The normalized spacial score (nSPS) is 20.2. The molecule has 3 heterocycles. The number of halogens is 1. The molecule has 144 valence electrons. The van der Waals surface area contributed by atoms with E-state index in [4.69, 9.17) is 10.5 Å². The van der Waals surface area contributed by atoms with Gasteiger partial charge in [-0.05, 0) is 37.7 Å². The first-order valence-electron chi connectivity index (χ1n) is 9.22. The molecule has 1 aliphatic heterocycles. The molecule has 1 saturated carbocycles. The zero-order valence-corrected chi connectivity index (χ0v) is 17.3. The van der Waals surface area contributed by atoms with E-state index in [2.05, 4.69) is 18.4 Å². The monoisotopic (exact) mass is 490 g/mol. The number of hydrogen-bond acceptors (Lipinski definition) is 6. The van der Waals surface area contributed by atoms with Crippen LogP contribution >= 0.6 is 21.3 Å². The van der Waals surface area contributed by atoms with Crippen LogP contribution < -0.4 is 0 Å². The Morgan fingerprint density at radius 1 is 1.32 bits per heavy atom. The van der Waals surface area contributed by atoms with E-state index in [-0.39, 0.29) is 18.9 Å². The van der Waals surface area contributed by atoms with Crippen LogP contribution in [0.1, 0.15) is 43.7 Å². The van der Waals surface area contributed by atoms with E-state index >= 15 is 0 Å². The van der Waals surface area contributed by atoms with Crippen LogP contribution in [0.2, 0.25) is 0 Å². The fourth-order valence-corrected chi connectivity index (χ4v) is 5.71. The molecule has 1 amide bonds. The number of rotatable bonds is 5. The Morgan fingerprint density at radius 3 is 2.89 bits per heavy atom. The van der Waals surface area contributed by atoms with Gasteiger partial charge in [0.05, 0.1) is 17.8 Å². The topological polar surface area (TPSA) is 127 Å². The number of nitrogens with one attached hydrogen (secondary N) is 1. The van der Waals surface area contributed by atoms with Crippen LogP contribution in [0, 0.1) is 28.6 Å². The lowest BCUT2D eigenvalue weighted by Crippen LogP contribution is -2.36. The number of H-pyrrole nitrogens is 1. The van der Waals surface area contributed by atoms with Crippen molar-refractivity contribution < 1.29 is 4.79 Å². The smallest absolute Gasteiger partial charge is 0.237 e. The average molecular weight is 490 g/mol. The highest BCUT2D eigenvalue weighted by Gasteiger charge is 2.31. The fraction of sp³-hybridized carbons (Fsp3) is 0.500. The van der Waals surface area contributed by atoms with Gasteiger partial charge < -0.3 is 9.88 Å². The zero-order chi connectivity index (χ0) is 19.5. The van der Waals surface area contributed by atoms with Crippen LogP contribution in [-0.4, -0.2) is 42.1 Å². The Labute approximate surface area is 172 Å². The zero-order valence-electron chi connectivity index (χ0n) is 15.2. The molecule has 0 atom stereocenters. The first-order chi connectivity index (χ1) is 13.7. The summed E-state index contributed by atoms with van der Waals surface area (Å²) < 4.78 is 6.54. The minimum Gasteiger partial charge on any atom is -0.346 e. The largest absolute Gasteiger partial charge is 0.346 e. The van der Waals surface area contributed by atoms with Crippen molar-refractivity contribution in [1.29, 1.82) is 10.5 Å². The molecule has 0 aromatic carbocycles. The summed E-state index contributed by atoms with van der Waals surface area (Å²) in [7, 11) is 0. The van der Waals surface area contributed by atoms with Crippen molar-refractivity contribution in [2.24, 2.45) is 9.06 Å². The SMILES string of the molecule is N#CCC(=O)N(CC#N)CC1CCC(c2nnn3c2-c2cc[nH]c2N=I3)CC1. The van der Waals surface area contributed by atoms with Gasteiger partial charge in [0.15, 0.2) is 0 Å². The molecule has 4 rings (SSSR count). The van der Waals surface area contributed by atoms with Crippen LogP contribution in [0.4, 0.5) is 5.82 Å². The molecule has 1 aliphatic carbocycles. The van der Waals surface area contributed by atoms with E-state index in [9.17, 15) is 4.79 Å². The van der Waals surface area contributed by atoms with Gasteiger partial charge in [-0.2, -0.15) is 16.6 Å². The summed E-state index contributed by atoms with van der Waals surface area (Å²) in [6.07, 6.45) is 5.65. The third-order valence-electron chi connectivity index (χ3n) is 5.39. The van der Waals surface area contributed by atoms with Crippen molar-refractivity contribution in [3.05, 3.63) is 18.0 Å². The Kier molecular flexibility index (Phi) is 5.48. The molecule has 1 N–H and O–H groups in total. The number of carbonyl (C=O) groups excluding carboxylic acids is 1. The predicted octanol–water partition coefficient (Wildman–Crippen LogP) is 3.38. The number of amides is 1. The molecule has 0 saturated heterocycles. The molecule has 1 fully saturated rings. The maximum Gasteiger partial charge on any atom is 0.237 e. The number of aromatic amines is 1. The Balaban J connectivity index is 1.43. The van der Waals surface area contributed by atoms with Crippen LogP contribution in [0.25, 0.3) is 11.3 Å². The van der Waals surface area contributed by atoms with Crippen molar-refractivity contribution in [3.63, 3.8) is 0 Å². The van der Waals surface area contributed by atoms with Crippen LogP contribution in [0.5, 0.6) is 0 Å². The first kappa shape index (κ1) is 18.7. The van der Waals surface area contributed by atoms with Gasteiger partial charge in [-0.25, -0.2) is 0 Å². The van der Waals surface area contributed by atoms with Crippen molar-refractivity contribution in [1.82, 2.24) is 23.1 Å². The number of carbonyl (C=O) groups is 1. The maximum absolute atomic E-state index is 12.0. The summed E-state index contributed by atoms with van der Waals surface area (Å²) in [4.78, 5) is 16.7. The molecule has 2 aromatic heterocycles. The van der Waals surface area contributed by atoms with E-state index < -0.39 is 21.3 Å². The lowest BCUT2D eigenvalue weighted by atomic mass is 9.79. The number of nitrogens with zero attached hydrogens (tertiary/aromatic N) is 7. The van der Waals surface area contributed by atoms with E-state index in [0.29, 0.717) is 18.4 Å². The number of aromatic nitrogens is 4. The molecule has 28 heavy (non-hydrogen) atoms. The first-order valence-corrected chi connectivity index (χ1v) is 11.1. The quantitative estimate of drug-likeness (QED) is 0.434. The highest BCUT2D eigenvalue weighted by Crippen LogP contribution is 2.44. The van der Waals surface area contributed by atoms with E-state index in [1.165, 1.54) is 4.90 Å². The van der Waals surface area contributed by atoms with Crippen LogP contribution in [0.15, 0.2) is 15.4 Å². The predicted molar refractivity (Wildman–Crippen MR) is 108 cm³/mol. The number of nitriles is 2. The van der Waals surface area contributed by atoms with Gasteiger partial charge in [-0.15, -0.1) is 5.10 Å². The minimum absolute atomic E-state index is 0.0440. The Bertz CT molecular complexity index is 986. The maximum atomic E-state index is 12.0. The van der Waals surface area contributed by atoms with Crippen LogP contribution in [-0.2, 0) is 4.79 Å². The van der Waals surface area contributed by atoms with Crippen molar-refractivity contribution in [3.8, 4) is 23.4 Å². The molecular formula is C18H19IN8O. The summed E-state index contributed by atoms with van der Waals surface area (Å²) >= 11 is -0.571. The Hall–Kier alpha value is -2.60. The van der Waals surface area contributed by atoms with Crippen LogP contribution in [0.3, 0.4) is 0 Å². The van der Waals surface area contributed by atoms with Gasteiger partial charge >= 0.3 is 0 Å². The lowest BCUT2D eigenvalue weighted by Gasteiger charge is -2.31. The highest BCUT2D eigenvalue weighted by atomic mass is 127. The minimum atomic E-state index is -0.571. The second-order valence-electron chi connectivity index (χ2n) is 7.07. The van der Waals surface area contributed by atoms with E-state index in [1.807, 2.05) is 27.3 Å². The molecule has 9 nitrogen and oxygen atoms in total. The van der Waals surface area contributed by atoms with Crippen molar-refractivity contribution >= 4 is 33.0 Å². The molecule has 2 aliphatic rings. The van der Waals surface area contributed by atoms with Gasteiger partial charge in [0.2, 0.25) is 5.91 Å². The summed E-state index contributed by atoms with van der Waals surface area (Å²) in [6, 6.07) is 5.95. The molecular weight excluding hydrogens is 471 g/mol. The number of hydrogen-bond donors (Lipinski definition) is 1. The second kappa shape index (κ2) is 8.19. The molecule has 2 aromatic rings. The average Bonchev–Trinajstić information content (AvgIpc) is 3.34. The van der Waals surface area contributed by atoms with E-state index in [1.54, 1.807) is 0 Å². The number of fused-ring (bicyclic) bond motifs is 3. The van der Waals surface area contributed by atoms with Crippen molar-refractivity contribution in [2.75, 3.05) is 13.1 Å². The summed E-state index contributed by atoms with van der Waals surface area (Å²) in [5.41, 5.74) is 3.25. The lowest BCUT2D eigenvalue weighted by molar-refractivity contribution is -0.130. The fourth-order valence-electron chi connectivity index (χ4n) is 3.98. The van der Waals surface area contributed by atoms with Gasteiger partial charge in [-0.3, -0.25) is 4.79 Å². The molecule has 0 radical (unpaired) electrons. The molecule has 10 heteroatoms. The van der Waals surface area contributed by atoms with Gasteiger partial charge in [-0.1, -0.05) is 5.21 Å². The Morgan fingerprint density at radius 2 is 2.14 bits per heavy atom. The molecule has 0 spiro atoms. The van der Waals surface area contributed by atoms with Crippen molar-refractivity contribution in [2.45, 2.75) is 38.0 Å².